The van der Waals surface area contributed by atoms with Gasteiger partial charge in [-0.3, -0.25) is 14.6 Å². The molecule has 1 atom stereocenters. The number of hydrogen-bond donors (Lipinski definition) is 0. The maximum Gasteiger partial charge on any atom is 0.120 e. The summed E-state index contributed by atoms with van der Waals surface area (Å²) in [6.45, 7) is 3.33. The first-order chi connectivity index (χ1) is 15.1. The highest BCUT2D eigenvalue weighted by Crippen LogP contribution is 2.28. The van der Waals surface area contributed by atoms with Crippen molar-refractivity contribution in [2.45, 2.75) is 12.6 Å². The molecule has 7 nitrogen and oxygen atoms in total. The molecule has 1 aromatic carbocycles. The number of aryl methyl sites for hydroxylation is 2. The van der Waals surface area contributed by atoms with E-state index >= 15 is 0 Å². The van der Waals surface area contributed by atoms with Crippen molar-refractivity contribution >= 4 is 10.9 Å². The van der Waals surface area contributed by atoms with Crippen LogP contribution in [0.1, 0.15) is 17.4 Å². The minimum Gasteiger partial charge on any atom is -0.497 e. The zero-order valence-corrected chi connectivity index (χ0v) is 18.2. The summed E-state index contributed by atoms with van der Waals surface area (Å²) in [7, 11) is 5.71. The third-order valence-electron chi connectivity index (χ3n) is 5.98. The topological polar surface area (TPSA) is 57.3 Å². The Morgan fingerprint density at radius 2 is 2.00 bits per heavy atom. The minimum atomic E-state index is -0.0215. The summed E-state index contributed by atoms with van der Waals surface area (Å²) in [6.07, 6.45) is 7.96. The number of morpholine rings is 1. The first kappa shape index (κ1) is 19.8. The molecule has 0 amide bonds. The van der Waals surface area contributed by atoms with Crippen molar-refractivity contribution in [1.29, 1.82) is 0 Å². The van der Waals surface area contributed by atoms with Gasteiger partial charge in [-0.05, 0) is 23.8 Å². The quantitative estimate of drug-likeness (QED) is 0.497. The Morgan fingerprint density at radius 1 is 1.10 bits per heavy atom. The summed E-state index contributed by atoms with van der Waals surface area (Å²) < 4.78 is 15.4. The summed E-state index contributed by atoms with van der Waals surface area (Å²) in [5.74, 6) is 0.882. The summed E-state index contributed by atoms with van der Waals surface area (Å²) in [6, 6.07) is 10.4. The van der Waals surface area contributed by atoms with E-state index in [4.69, 9.17) is 14.5 Å². The second kappa shape index (κ2) is 8.17. The second-order valence-electron chi connectivity index (χ2n) is 8.12. The van der Waals surface area contributed by atoms with E-state index in [-0.39, 0.29) is 6.10 Å². The highest BCUT2D eigenvalue weighted by molar-refractivity contribution is 5.85. The van der Waals surface area contributed by atoms with Crippen molar-refractivity contribution in [3.63, 3.8) is 0 Å². The fraction of sp³-hybridized carbons (Fsp3) is 0.333. The number of methoxy groups -OCH3 is 1. The van der Waals surface area contributed by atoms with Crippen LogP contribution in [0.5, 0.6) is 5.75 Å². The van der Waals surface area contributed by atoms with Crippen molar-refractivity contribution in [1.82, 2.24) is 24.2 Å². The van der Waals surface area contributed by atoms with E-state index in [2.05, 4.69) is 52.1 Å². The zero-order valence-electron chi connectivity index (χ0n) is 18.2. The molecular formula is C24H27N5O2. The van der Waals surface area contributed by atoms with Crippen LogP contribution >= 0.6 is 0 Å². The van der Waals surface area contributed by atoms with E-state index in [0.717, 1.165) is 42.2 Å². The maximum absolute atomic E-state index is 6.06. The Balaban J connectivity index is 1.31. The Kier molecular flexibility index (Phi) is 5.21. The summed E-state index contributed by atoms with van der Waals surface area (Å²) in [5.41, 5.74) is 5.61. The van der Waals surface area contributed by atoms with Gasteiger partial charge in [0.15, 0.2) is 0 Å². The lowest BCUT2D eigenvalue weighted by atomic mass is 10.1. The average Bonchev–Trinajstić information content (AvgIpc) is 3.37. The van der Waals surface area contributed by atoms with E-state index in [1.807, 2.05) is 31.7 Å². The van der Waals surface area contributed by atoms with E-state index in [1.165, 1.54) is 16.5 Å². The van der Waals surface area contributed by atoms with Crippen LogP contribution in [0, 0.1) is 0 Å². The monoisotopic (exact) mass is 417 g/mol. The first-order valence-electron chi connectivity index (χ1n) is 10.5. The lowest BCUT2D eigenvalue weighted by Crippen LogP contribution is -2.38. The molecule has 4 heterocycles. The Bertz CT molecular complexity index is 1190. The first-order valence-corrected chi connectivity index (χ1v) is 10.5. The van der Waals surface area contributed by atoms with E-state index in [1.54, 1.807) is 11.8 Å². The molecule has 0 unspecified atom stereocenters. The molecule has 0 N–H and O–H groups in total. The number of nitrogens with zero attached hydrogens (tertiary/aromatic N) is 5. The van der Waals surface area contributed by atoms with Gasteiger partial charge >= 0.3 is 0 Å². The molecule has 1 fully saturated rings. The molecule has 0 aliphatic carbocycles. The van der Waals surface area contributed by atoms with Crippen LogP contribution in [0.25, 0.3) is 22.0 Å². The van der Waals surface area contributed by atoms with Crippen LogP contribution in [0.3, 0.4) is 0 Å². The highest BCUT2D eigenvalue weighted by Gasteiger charge is 2.24. The van der Waals surface area contributed by atoms with E-state index in [0.29, 0.717) is 6.61 Å². The van der Waals surface area contributed by atoms with Gasteiger partial charge in [0, 0.05) is 74.9 Å². The van der Waals surface area contributed by atoms with Gasteiger partial charge < -0.3 is 14.0 Å². The van der Waals surface area contributed by atoms with Crippen molar-refractivity contribution in [2.24, 2.45) is 14.1 Å². The summed E-state index contributed by atoms with van der Waals surface area (Å²) >= 11 is 0. The fourth-order valence-corrected chi connectivity index (χ4v) is 4.30. The molecule has 0 spiro atoms. The van der Waals surface area contributed by atoms with E-state index < -0.39 is 0 Å². The molecule has 160 valence electrons. The van der Waals surface area contributed by atoms with Crippen LogP contribution in [0.2, 0.25) is 0 Å². The third kappa shape index (κ3) is 3.94. The molecule has 5 rings (SSSR count). The number of ether oxygens (including phenoxy) is 2. The molecule has 1 saturated heterocycles. The van der Waals surface area contributed by atoms with Crippen LogP contribution in [0.15, 0.2) is 55.1 Å². The predicted molar refractivity (Wildman–Crippen MR) is 120 cm³/mol. The Hall–Kier alpha value is -3.16. The zero-order chi connectivity index (χ0) is 21.4. The predicted octanol–water partition coefficient (Wildman–Crippen LogP) is 3.56. The van der Waals surface area contributed by atoms with Crippen molar-refractivity contribution in [3.8, 4) is 16.9 Å². The fourth-order valence-electron chi connectivity index (χ4n) is 4.30. The largest absolute Gasteiger partial charge is 0.497 e. The number of hydrogen-bond acceptors (Lipinski definition) is 5. The summed E-state index contributed by atoms with van der Waals surface area (Å²) in [4.78, 5) is 7.14. The molecule has 31 heavy (non-hydrogen) atoms. The van der Waals surface area contributed by atoms with Crippen LogP contribution in [-0.4, -0.2) is 51.0 Å². The normalized spacial score (nSPS) is 17.3. The highest BCUT2D eigenvalue weighted by atomic mass is 16.5. The lowest BCUT2D eigenvalue weighted by molar-refractivity contribution is -0.0348. The van der Waals surface area contributed by atoms with Crippen LogP contribution < -0.4 is 4.74 Å². The van der Waals surface area contributed by atoms with Gasteiger partial charge in [0.1, 0.15) is 11.9 Å². The molecular weight excluding hydrogens is 390 g/mol. The van der Waals surface area contributed by atoms with Gasteiger partial charge in [0.25, 0.3) is 0 Å². The molecule has 0 bridgehead atoms. The summed E-state index contributed by atoms with van der Waals surface area (Å²) in [5, 5.41) is 5.51. The molecule has 0 radical (unpaired) electrons. The molecule has 3 aromatic heterocycles. The van der Waals surface area contributed by atoms with Crippen molar-refractivity contribution in [3.05, 3.63) is 66.4 Å². The smallest absolute Gasteiger partial charge is 0.120 e. The molecule has 1 aliphatic heterocycles. The lowest BCUT2D eigenvalue weighted by Gasteiger charge is -2.32. The van der Waals surface area contributed by atoms with Crippen LogP contribution in [-0.2, 0) is 25.4 Å². The van der Waals surface area contributed by atoms with Crippen LogP contribution in [0.4, 0.5) is 0 Å². The molecule has 1 aliphatic rings. The average molecular weight is 418 g/mol. The van der Waals surface area contributed by atoms with Crippen molar-refractivity contribution < 1.29 is 9.47 Å². The Labute approximate surface area is 181 Å². The van der Waals surface area contributed by atoms with Gasteiger partial charge in [0.2, 0.25) is 0 Å². The number of fused-ring (bicyclic) bond motifs is 1. The molecule has 7 heteroatoms. The standard InChI is InChI=1S/C24H27N5O2/c1-27-13-19(21-6-5-20(30-3)10-23(21)27)15-29-8-9-31-24(16-29)22-7-4-17(11-25-22)18-12-26-28(2)14-18/h4-7,10-14,24H,8-9,15-16H2,1-3H3/t24-/m1/s1. The van der Waals surface area contributed by atoms with Gasteiger partial charge in [0.05, 0.1) is 31.1 Å². The molecule has 4 aromatic rings. The number of benzene rings is 1. The molecule has 0 saturated carbocycles. The number of pyridine rings is 1. The number of rotatable bonds is 5. The minimum absolute atomic E-state index is 0.0215. The van der Waals surface area contributed by atoms with E-state index in [9.17, 15) is 0 Å². The van der Waals surface area contributed by atoms with Crippen molar-refractivity contribution in [2.75, 3.05) is 26.8 Å². The third-order valence-corrected chi connectivity index (χ3v) is 5.98. The van der Waals surface area contributed by atoms with Gasteiger partial charge in [-0.15, -0.1) is 0 Å². The van der Waals surface area contributed by atoms with Gasteiger partial charge in [-0.1, -0.05) is 6.07 Å². The van der Waals surface area contributed by atoms with Gasteiger partial charge in [-0.25, -0.2) is 0 Å². The second-order valence-corrected chi connectivity index (χ2v) is 8.12. The number of aromatic nitrogens is 4. The van der Waals surface area contributed by atoms with Gasteiger partial charge in [-0.2, -0.15) is 5.10 Å². The SMILES string of the molecule is COc1ccc2c(CN3CCO[C@@H](c4ccc(-c5cnn(C)c5)cn4)C3)cn(C)c2c1. The Morgan fingerprint density at radius 3 is 2.74 bits per heavy atom. The maximum atomic E-state index is 6.06.